The molecule has 0 atom stereocenters. The maximum atomic E-state index is 10.5. The SMILES string of the molecule is COc1cc(/C=C/C(=O)O)cc(Br)c1OC/C(C)=C/Cl. The molecule has 1 aromatic carbocycles. The van der Waals surface area contributed by atoms with Crippen molar-refractivity contribution < 1.29 is 19.4 Å². The number of hydrogen-bond donors (Lipinski definition) is 1. The van der Waals surface area contributed by atoms with Crippen molar-refractivity contribution in [2.45, 2.75) is 6.92 Å². The molecule has 0 aliphatic rings. The Hall–Kier alpha value is -1.46. The fraction of sp³-hybridized carbons (Fsp3) is 0.214. The summed E-state index contributed by atoms with van der Waals surface area (Å²) >= 11 is 8.96. The van der Waals surface area contributed by atoms with Gasteiger partial charge in [0.2, 0.25) is 0 Å². The topological polar surface area (TPSA) is 55.8 Å². The molecule has 0 radical (unpaired) electrons. The van der Waals surface area contributed by atoms with Gasteiger partial charge in [0.25, 0.3) is 0 Å². The molecule has 0 aromatic heterocycles. The molecule has 1 aromatic rings. The first-order valence-corrected chi connectivity index (χ1v) is 6.88. The Labute approximate surface area is 130 Å². The van der Waals surface area contributed by atoms with Crippen LogP contribution in [-0.2, 0) is 4.79 Å². The van der Waals surface area contributed by atoms with Crippen LogP contribution < -0.4 is 9.47 Å². The first-order chi connectivity index (χ1) is 9.47. The largest absolute Gasteiger partial charge is 0.493 e. The zero-order valence-electron chi connectivity index (χ0n) is 11.0. The normalized spacial score (nSPS) is 11.7. The van der Waals surface area contributed by atoms with Crippen molar-refractivity contribution in [1.29, 1.82) is 0 Å². The number of hydrogen-bond acceptors (Lipinski definition) is 3. The third-order valence-electron chi connectivity index (χ3n) is 2.30. The zero-order valence-corrected chi connectivity index (χ0v) is 13.4. The van der Waals surface area contributed by atoms with Crippen LogP contribution in [0.15, 0.2) is 33.8 Å². The molecule has 108 valence electrons. The highest BCUT2D eigenvalue weighted by Crippen LogP contribution is 2.37. The van der Waals surface area contributed by atoms with E-state index in [9.17, 15) is 4.79 Å². The predicted octanol–water partition coefficient (Wildman–Crippen LogP) is 4.08. The monoisotopic (exact) mass is 360 g/mol. The van der Waals surface area contributed by atoms with Crippen molar-refractivity contribution >= 4 is 39.6 Å². The third kappa shape index (κ3) is 4.90. The van der Waals surface area contributed by atoms with Gasteiger partial charge < -0.3 is 14.6 Å². The second-order valence-corrected chi connectivity index (χ2v) is 5.02. The van der Waals surface area contributed by atoms with Gasteiger partial charge in [0.05, 0.1) is 11.6 Å². The molecule has 0 fully saturated rings. The molecule has 0 heterocycles. The van der Waals surface area contributed by atoms with Gasteiger partial charge in [0.1, 0.15) is 6.61 Å². The molecule has 20 heavy (non-hydrogen) atoms. The maximum Gasteiger partial charge on any atom is 0.328 e. The van der Waals surface area contributed by atoms with Gasteiger partial charge in [-0.3, -0.25) is 0 Å². The van der Waals surface area contributed by atoms with Crippen molar-refractivity contribution in [3.05, 3.63) is 39.4 Å². The molecule has 4 nitrogen and oxygen atoms in total. The summed E-state index contributed by atoms with van der Waals surface area (Å²) in [4.78, 5) is 10.5. The molecule has 0 spiro atoms. The summed E-state index contributed by atoms with van der Waals surface area (Å²) in [5, 5.41) is 8.62. The fourth-order valence-electron chi connectivity index (χ4n) is 1.36. The number of ether oxygens (including phenoxy) is 2. The minimum atomic E-state index is -1.01. The Morgan fingerprint density at radius 3 is 2.75 bits per heavy atom. The summed E-state index contributed by atoms with van der Waals surface area (Å²) < 4.78 is 11.5. The van der Waals surface area contributed by atoms with Crippen molar-refractivity contribution in [1.82, 2.24) is 0 Å². The lowest BCUT2D eigenvalue weighted by atomic mass is 10.2. The molecule has 6 heteroatoms. The van der Waals surface area contributed by atoms with E-state index in [0.717, 1.165) is 11.6 Å². The molecule has 0 bridgehead atoms. The van der Waals surface area contributed by atoms with Crippen LogP contribution in [0.4, 0.5) is 0 Å². The summed E-state index contributed by atoms with van der Waals surface area (Å²) in [6.45, 7) is 2.18. The number of carboxylic acids is 1. The van der Waals surface area contributed by atoms with E-state index in [-0.39, 0.29) is 0 Å². The van der Waals surface area contributed by atoms with E-state index in [0.29, 0.717) is 28.1 Å². The highest BCUT2D eigenvalue weighted by Gasteiger charge is 2.11. The molecule has 0 aliphatic heterocycles. The number of halogens is 2. The molecule has 0 amide bonds. The lowest BCUT2D eigenvalue weighted by Crippen LogP contribution is -2.01. The van der Waals surface area contributed by atoms with E-state index in [1.165, 1.54) is 18.7 Å². The smallest absolute Gasteiger partial charge is 0.328 e. The van der Waals surface area contributed by atoms with E-state index in [1.807, 2.05) is 6.92 Å². The highest BCUT2D eigenvalue weighted by atomic mass is 79.9. The molecular weight excluding hydrogens is 348 g/mol. The Balaban J connectivity index is 3.04. The van der Waals surface area contributed by atoms with E-state index in [1.54, 1.807) is 12.1 Å². The van der Waals surface area contributed by atoms with Gasteiger partial charge in [0.15, 0.2) is 11.5 Å². The van der Waals surface area contributed by atoms with Crippen LogP contribution in [-0.4, -0.2) is 24.8 Å². The molecule has 1 rings (SSSR count). The number of aliphatic carboxylic acids is 1. The van der Waals surface area contributed by atoms with Crippen LogP contribution in [0.1, 0.15) is 12.5 Å². The average Bonchev–Trinajstić information content (AvgIpc) is 2.42. The van der Waals surface area contributed by atoms with Gasteiger partial charge in [-0.05, 0) is 52.2 Å². The number of benzene rings is 1. The number of carboxylic acid groups (broad SMARTS) is 1. The average molecular weight is 362 g/mol. The minimum Gasteiger partial charge on any atom is -0.493 e. The maximum absolute atomic E-state index is 10.5. The van der Waals surface area contributed by atoms with Crippen LogP contribution in [0.3, 0.4) is 0 Å². The first-order valence-electron chi connectivity index (χ1n) is 5.65. The van der Waals surface area contributed by atoms with Crippen LogP contribution in [0.25, 0.3) is 6.08 Å². The molecule has 1 N–H and O–H groups in total. The summed E-state index contributed by atoms with van der Waals surface area (Å²) in [5.74, 6) is 0.0351. The van der Waals surface area contributed by atoms with Gasteiger partial charge in [-0.2, -0.15) is 0 Å². The Bertz CT molecular complexity index is 552. The molecule has 0 saturated carbocycles. The first kappa shape index (κ1) is 16.6. The van der Waals surface area contributed by atoms with Gasteiger partial charge in [-0.15, -0.1) is 0 Å². The van der Waals surface area contributed by atoms with Gasteiger partial charge in [0, 0.05) is 11.6 Å². The van der Waals surface area contributed by atoms with Gasteiger partial charge in [-0.1, -0.05) is 11.6 Å². The van der Waals surface area contributed by atoms with Crippen LogP contribution in [0.2, 0.25) is 0 Å². The number of rotatable bonds is 6. The molecule has 0 aliphatic carbocycles. The van der Waals surface area contributed by atoms with Crippen molar-refractivity contribution in [2.24, 2.45) is 0 Å². The number of methoxy groups -OCH3 is 1. The van der Waals surface area contributed by atoms with Crippen LogP contribution >= 0.6 is 27.5 Å². The number of carbonyl (C=O) groups is 1. The van der Waals surface area contributed by atoms with Crippen LogP contribution in [0, 0.1) is 0 Å². The Morgan fingerprint density at radius 2 is 2.20 bits per heavy atom. The highest BCUT2D eigenvalue weighted by molar-refractivity contribution is 9.10. The lowest BCUT2D eigenvalue weighted by molar-refractivity contribution is -0.131. The second-order valence-electron chi connectivity index (χ2n) is 3.95. The van der Waals surface area contributed by atoms with E-state index >= 15 is 0 Å². The minimum absolute atomic E-state index is 0.336. The predicted molar refractivity (Wildman–Crippen MR) is 82.5 cm³/mol. The lowest BCUT2D eigenvalue weighted by Gasteiger charge is -2.13. The third-order valence-corrected chi connectivity index (χ3v) is 3.26. The van der Waals surface area contributed by atoms with Crippen molar-refractivity contribution in [2.75, 3.05) is 13.7 Å². The van der Waals surface area contributed by atoms with Gasteiger partial charge in [-0.25, -0.2) is 4.79 Å². The molecule has 0 unspecified atom stereocenters. The standard InChI is InChI=1S/C14H14BrClO4/c1-9(7-16)8-20-14-11(15)5-10(3-4-13(17)18)6-12(14)19-2/h3-7H,8H2,1-2H3,(H,17,18)/b4-3+,9-7+. The van der Waals surface area contributed by atoms with Crippen LogP contribution in [0.5, 0.6) is 11.5 Å². The quantitative estimate of drug-likeness (QED) is 0.776. The zero-order chi connectivity index (χ0) is 15.1. The second kappa shape index (κ2) is 7.97. The Morgan fingerprint density at radius 1 is 1.50 bits per heavy atom. The van der Waals surface area contributed by atoms with E-state index in [4.69, 9.17) is 26.2 Å². The van der Waals surface area contributed by atoms with E-state index in [2.05, 4.69) is 15.9 Å². The van der Waals surface area contributed by atoms with Gasteiger partial charge >= 0.3 is 5.97 Å². The molecule has 0 saturated heterocycles. The summed E-state index contributed by atoms with van der Waals surface area (Å²) in [6.07, 6.45) is 2.53. The van der Waals surface area contributed by atoms with Crippen molar-refractivity contribution in [3.63, 3.8) is 0 Å². The summed E-state index contributed by atoms with van der Waals surface area (Å²) in [5.41, 5.74) is 3.01. The summed E-state index contributed by atoms with van der Waals surface area (Å²) in [7, 11) is 1.52. The molecular formula is C14H14BrClO4. The Kier molecular flexibility index (Phi) is 6.61. The summed E-state index contributed by atoms with van der Waals surface area (Å²) in [6, 6.07) is 3.44. The van der Waals surface area contributed by atoms with Crippen molar-refractivity contribution in [3.8, 4) is 11.5 Å². The van der Waals surface area contributed by atoms with E-state index < -0.39 is 5.97 Å². The fourth-order valence-corrected chi connectivity index (χ4v) is 2.00.